The van der Waals surface area contributed by atoms with E-state index in [1.807, 2.05) is 6.92 Å². The fourth-order valence-electron chi connectivity index (χ4n) is 2.42. The molecule has 0 spiro atoms. The molecule has 2 rings (SSSR count). The zero-order valence-electron chi connectivity index (χ0n) is 11.3. The fourth-order valence-corrected chi connectivity index (χ4v) is 2.96. The number of thioether (sulfide) groups is 1. The number of likely N-dealkylation sites (tertiary alicyclic amines) is 1. The Balaban J connectivity index is 2.31. The van der Waals surface area contributed by atoms with Crippen LogP contribution in [0.5, 0.6) is 0 Å². The smallest absolute Gasteiger partial charge is 0.283 e. The van der Waals surface area contributed by atoms with Gasteiger partial charge >= 0.3 is 0 Å². The first-order valence-corrected chi connectivity index (χ1v) is 7.48. The second-order valence-corrected chi connectivity index (χ2v) is 5.69. The Hall–Kier alpha value is -1.60. The van der Waals surface area contributed by atoms with E-state index >= 15 is 0 Å². The van der Waals surface area contributed by atoms with Gasteiger partial charge in [0.05, 0.1) is 15.9 Å². The highest BCUT2D eigenvalue weighted by Gasteiger charge is 2.32. The number of carbonyl (C=O) groups is 1. The summed E-state index contributed by atoms with van der Waals surface area (Å²) in [5.74, 6) is -0.273. The van der Waals surface area contributed by atoms with Crippen LogP contribution in [0.15, 0.2) is 23.1 Å². The van der Waals surface area contributed by atoms with E-state index in [1.165, 1.54) is 17.8 Å². The first kappa shape index (κ1) is 14.8. The molecule has 1 N–H and O–H groups in total. The van der Waals surface area contributed by atoms with Crippen molar-refractivity contribution in [2.75, 3.05) is 12.8 Å². The predicted molar refractivity (Wildman–Crippen MR) is 76.0 cm³/mol. The molecule has 2 unspecified atom stereocenters. The quantitative estimate of drug-likeness (QED) is 0.523. The van der Waals surface area contributed by atoms with Gasteiger partial charge in [-0.3, -0.25) is 14.9 Å². The molecule has 0 aliphatic carbocycles. The number of β-amino-alcohol motifs (C(OH)–C–C–N with tert-alkyl or cyclic N) is 1. The number of nitro benzene ring substituents is 1. The molecule has 1 fully saturated rings. The van der Waals surface area contributed by atoms with Crippen molar-refractivity contribution >= 4 is 23.4 Å². The fraction of sp³-hybridized carbons (Fsp3) is 0.462. The summed E-state index contributed by atoms with van der Waals surface area (Å²) in [6.45, 7) is 2.14. The molecule has 1 amide bonds. The number of aliphatic hydroxyl groups excluding tert-OH is 1. The van der Waals surface area contributed by atoms with Gasteiger partial charge in [-0.25, -0.2) is 0 Å². The predicted octanol–water partition coefficient (Wildman–Crippen LogP) is 1.91. The molecular formula is C13H16N2O4S. The molecule has 6 nitrogen and oxygen atoms in total. The van der Waals surface area contributed by atoms with Crippen molar-refractivity contribution in [2.45, 2.75) is 30.4 Å². The first-order chi connectivity index (χ1) is 9.43. The number of amides is 1. The SMILES string of the molecule is CSc1ccc(C(=O)N2CC(O)CC2C)cc1[N+](=O)[O-]. The summed E-state index contributed by atoms with van der Waals surface area (Å²) in [5.41, 5.74) is 0.228. The molecular weight excluding hydrogens is 280 g/mol. The first-order valence-electron chi connectivity index (χ1n) is 6.25. The standard InChI is InChI=1S/C13H16N2O4S/c1-8-5-10(16)7-14(8)13(17)9-3-4-12(20-2)11(6-9)15(18)19/h3-4,6,8,10,16H,5,7H2,1-2H3. The van der Waals surface area contributed by atoms with Crippen molar-refractivity contribution in [3.05, 3.63) is 33.9 Å². The normalized spacial score (nSPS) is 22.1. The molecule has 7 heteroatoms. The topological polar surface area (TPSA) is 83.7 Å². The summed E-state index contributed by atoms with van der Waals surface area (Å²) in [5, 5.41) is 20.6. The zero-order chi connectivity index (χ0) is 14.9. The molecule has 0 radical (unpaired) electrons. The lowest BCUT2D eigenvalue weighted by Gasteiger charge is -2.21. The summed E-state index contributed by atoms with van der Waals surface area (Å²) < 4.78 is 0. The highest BCUT2D eigenvalue weighted by molar-refractivity contribution is 7.98. The molecule has 0 saturated carbocycles. The van der Waals surface area contributed by atoms with Gasteiger partial charge in [0.15, 0.2) is 0 Å². The lowest BCUT2D eigenvalue weighted by atomic mass is 10.1. The summed E-state index contributed by atoms with van der Waals surface area (Å²) in [4.78, 5) is 25.0. The highest BCUT2D eigenvalue weighted by atomic mass is 32.2. The Morgan fingerprint density at radius 1 is 1.55 bits per heavy atom. The van der Waals surface area contributed by atoms with Crippen molar-refractivity contribution < 1.29 is 14.8 Å². The maximum atomic E-state index is 12.4. The van der Waals surface area contributed by atoms with Crippen LogP contribution in [-0.2, 0) is 0 Å². The number of aliphatic hydroxyl groups is 1. The molecule has 1 aliphatic rings. The van der Waals surface area contributed by atoms with Crippen LogP contribution in [0.25, 0.3) is 0 Å². The Morgan fingerprint density at radius 2 is 2.25 bits per heavy atom. The Morgan fingerprint density at radius 3 is 2.75 bits per heavy atom. The molecule has 0 bridgehead atoms. The van der Waals surface area contributed by atoms with E-state index in [4.69, 9.17) is 0 Å². The summed E-state index contributed by atoms with van der Waals surface area (Å²) in [6, 6.07) is 4.44. The molecule has 20 heavy (non-hydrogen) atoms. The monoisotopic (exact) mass is 296 g/mol. The minimum absolute atomic E-state index is 0.0585. The van der Waals surface area contributed by atoms with Crippen molar-refractivity contribution in [3.63, 3.8) is 0 Å². The summed E-state index contributed by atoms with van der Waals surface area (Å²) in [7, 11) is 0. The minimum atomic E-state index is -0.519. The third-order valence-corrected chi connectivity index (χ3v) is 4.22. The van der Waals surface area contributed by atoms with E-state index in [0.717, 1.165) is 0 Å². The van der Waals surface area contributed by atoms with Gasteiger partial charge < -0.3 is 10.0 Å². The van der Waals surface area contributed by atoms with Gasteiger partial charge in [-0.15, -0.1) is 11.8 Å². The maximum absolute atomic E-state index is 12.4. The van der Waals surface area contributed by atoms with Gasteiger partial charge in [0.1, 0.15) is 0 Å². The van der Waals surface area contributed by atoms with E-state index in [-0.39, 0.29) is 29.7 Å². The van der Waals surface area contributed by atoms with Crippen LogP contribution < -0.4 is 0 Å². The molecule has 0 aromatic heterocycles. The molecule has 1 saturated heterocycles. The third kappa shape index (κ3) is 2.78. The van der Waals surface area contributed by atoms with Crippen molar-refractivity contribution in [2.24, 2.45) is 0 Å². The zero-order valence-corrected chi connectivity index (χ0v) is 12.1. The van der Waals surface area contributed by atoms with Crippen LogP contribution in [-0.4, -0.2) is 45.8 Å². The second-order valence-electron chi connectivity index (χ2n) is 4.84. The van der Waals surface area contributed by atoms with Crippen LogP contribution in [0.3, 0.4) is 0 Å². The molecule has 1 aliphatic heterocycles. The molecule has 1 aromatic carbocycles. The molecule has 1 aromatic rings. The van der Waals surface area contributed by atoms with Crippen molar-refractivity contribution in [1.29, 1.82) is 0 Å². The lowest BCUT2D eigenvalue weighted by molar-refractivity contribution is -0.387. The summed E-state index contributed by atoms with van der Waals surface area (Å²) >= 11 is 1.27. The van der Waals surface area contributed by atoms with E-state index in [1.54, 1.807) is 23.3 Å². The number of benzene rings is 1. The average Bonchev–Trinajstić information content (AvgIpc) is 2.76. The number of carbonyl (C=O) groups excluding carboxylic acids is 1. The van der Waals surface area contributed by atoms with Gasteiger partial charge in [-0.2, -0.15) is 0 Å². The maximum Gasteiger partial charge on any atom is 0.283 e. The molecule has 1 heterocycles. The number of nitro groups is 1. The Labute approximate surface area is 120 Å². The van der Waals surface area contributed by atoms with Gasteiger partial charge in [-0.1, -0.05) is 0 Å². The van der Waals surface area contributed by atoms with Crippen LogP contribution in [0.2, 0.25) is 0 Å². The largest absolute Gasteiger partial charge is 0.391 e. The van der Waals surface area contributed by atoms with Crippen LogP contribution >= 0.6 is 11.8 Å². The molecule has 2 atom stereocenters. The second kappa shape index (κ2) is 5.80. The van der Waals surface area contributed by atoms with Gasteiger partial charge in [0, 0.05) is 24.2 Å². The Bertz CT molecular complexity index is 549. The van der Waals surface area contributed by atoms with E-state index in [2.05, 4.69) is 0 Å². The highest BCUT2D eigenvalue weighted by Crippen LogP contribution is 2.29. The average molecular weight is 296 g/mol. The number of hydrogen-bond acceptors (Lipinski definition) is 5. The number of hydrogen-bond donors (Lipinski definition) is 1. The van der Waals surface area contributed by atoms with Crippen molar-refractivity contribution in [1.82, 2.24) is 4.90 Å². The third-order valence-electron chi connectivity index (χ3n) is 3.44. The molecule has 108 valence electrons. The lowest BCUT2D eigenvalue weighted by Crippen LogP contribution is -2.34. The number of rotatable bonds is 3. The van der Waals surface area contributed by atoms with Gasteiger partial charge in [0.2, 0.25) is 0 Å². The Kier molecular flexibility index (Phi) is 4.29. The van der Waals surface area contributed by atoms with E-state index < -0.39 is 11.0 Å². The van der Waals surface area contributed by atoms with Crippen LogP contribution in [0, 0.1) is 10.1 Å². The number of nitrogens with zero attached hydrogens (tertiary/aromatic N) is 2. The van der Waals surface area contributed by atoms with E-state index in [0.29, 0.717) is 11.3 Å². The van der Waals surface area contributed by atoms with E-state index in [9.17, 15) is 20.0 Å². The van der Waals surface area contributed by atoms with Crippen LogP contribution in [0.4, 0.5) is 5.69 Å². The minimum Gasteiger partial charge on any atom is -0.391 e. The van der Waals surface area contributed by atoms with Crippen molar-refractivity contribution in [3.8, 4) is 0 Å². The van der Waals surface area contributed by atoms with Gasteiger partial charge in [-0.05, 0) is 31.7 Å². The van der Waals surface area contributed by atoms with Crippen LogP contribution in [0.1, 0.15) is 23.7 Å². The van der Waals surface area contributed by atoms with Gasteiger partial charge in [0.25, 0.3) is 11.6 Å². The summed E-state index contributed by atoms with van der Waals surface area (Å²) in [6.07, 6.45) is 1.77.